The van der Waals surface area contributed by atoms with E-state index >= 15 is 0 Å². The third-order valence-electron chi connectivity index (χ3n) is 6.50. The number of rotatable bonds is 6. The van der Waals surface area contributed by atoms with Crippen LogP contribution in [0, 0.1) is 5.95 Å². The van der Waals surface area contributed by atoms with Gasteiger partial charge in [-0.2, -0.15) is 9.07 Å². The number of Topliss-reactive ketones (excluding diaryl/α,β-unsaturated/α-hetero) is 1. The lowest BCUT2D eigenvalue weighted by Crippen LogP contribution is -2.51. The average Bonchev–Trinajstić information content (AvgIpc) is 3.65. The smallest absolute Gasteiger partial charge is 0.295 e. The van der Waals surface area contributed by atoms with Crippen molar-refractivity contribution >= 4 is 28.5 Å². The van der Waals surface area contributed by atoms with E-state index < -0.39 is 17.6 Å². The third-order valence-corrected chi connectivity index (χ3v) is 6.50. The fourth-order valence-corrected chi connectivity index (χ4v) is 4.60. The standard InChI is InChI=1S/C25H21FN10O3/c1-39-17-14-30-21(15-5-7-27-18(26)12-15)22-20(17)16(13-29-22)23(37)24(38)34-8-10-35(11-9-34)25-31-32-33-36(25)19-4-2-3-6-28-19/h2-7,12-14,29H,8-11H2,1H3. The summed E-state index contributed by atoms with van der Waals surface area (Å²) < 4.78 is 20.7. The molecule has 0 spiro atoms. The Morgan fingerprint density at radius 2 is 1.90 bits per heavy atom. The molecule has 13 nitrogen and oxygen atoms in total. The molecule has 5 aromatic heterocycles. The van der Waals surface area contributed by atoms with E-state index in [0.717, 1.165) is 0 Å². The van der Waals surface area contributed by atoms with Crippen molar-refractivity contribution in [2.45, 2.75) is 0 Å². The number of ether oxygens (including phenoxy) is 1. The molecule has 0 aliphatic carbocycles. The Morgan fingerprint density at radius 1 is 1.05 bits per heavy atom. The van der Waals surface area contributed by atoms with Gasteiger partial charge in [-0.3, -0.25) is 14.6 Å². The normalized spacial score (nSPS) is 13.6. The minimum atomic E-state index is -0.690. The van der Waals surface area contributed by atoms with Crippen molar-refractivity contribution in [2.24, 2.45) is 0 Å². The van der Waals surface area contributed by atoms with E-state index in [1.54, 1.807) is 24.4 Å². The lowest BCUT2D eigenvalue weighted by Gasteiger charge is -2.34. The van der Waals surface area contributed by atoms with Gasteiger partial charge in [0.1, 0.15) is 5.75 Å². The zero-order chi connectivity index (χ0) is 26.9. The van der Waals surface area contributed by atoms with Crippen molar-refractivity contribution in [1.82, 2.24) is 45.0 Å². The fraction of sp³-hybridized carbons (Fsp3) is 0.200. The molecule has 1 saturated heterocycles. The summed E-state index contributed by atoms with van der Waals surface area (Å²) >= 11 is 0. The van der Waals surface area contributed by atoms with Crippen LogP contribution >= 0.6 is 0 Å². The highest BCUT2D eigenvalue weighted by atomic mass is 19.1. The van der Waals surface area contributed by atoms with Crippen molar-refractivity contribution in [3.05, 3.63) is 66.6 Å². The number of piperazine rings is 1. The minimum Gasteiger partial charge on any atom is -0.494 e. The molecule has 0 atom stereocenters. The van der Waals surface area contributed by atoms with Gasteiger partial charge in [0.2, 0.25) is 5.95 Å². The largest absolute Gasteiger partial charge is 0.494 e. The number of hydrogen-bond donors (Lipinski definition) is 1. The zero-order valence-electron chi connectivity index (χ0n) is 20.7. The molecular formula is C25H21FN10O3. The Labute approximate surface area is 220 Å². The van der Waals surface area contributed by atoms with E-state index in [2.05, 4.69) is 35.5 Å². The van der Waals surface area contributed by atoms with E-state index in [9.17, 15) is 14.0 Å². The molecule has 1 aliphatic rings. The highest BCUT2D eigenvalue weighted by molar-refractivity contribution is 6.45. The molecule has 6 rings (SSSR count). The molecule has 6 heterocycles. The van der Waals surface area contributed by atoms with Crippen LogP contribution in [-0.4, -0.2) is 90.0 Å². The molecule has 1 fully saturated rings. The maximum Gasteiger partial charge on any atom is 0.295 e. The van der Waals surface area contributed by atoms with Crippen LogP contribution in [0.2, 0.25) is 0 Å². The molecule has 196 valence electrons. The summed E-state index contributed by atoms with van der Waals surface area (Å²) in [5.74, 6) is -0.611. The number of anilines is 1. The van der Waals surface area contributed by atoms with E-state index in [1.807, 2.05) is 11.0 Å². The van der Waals surface area contributed by atoms with Crippen LogP contribution in [0.25, 0.3) is 28.0 Å². The summed E-state index contributed by atoms with van der Waals surface area (Å²) in [6, 6.07) is 8.28. The maximum absolute atomic E-state index is 13.8. The molecular weight excluding hydrogens is 507 g/mol. The molecule has 0 bridgehead atoms. The van der Waals surface area contributed by atoms with Crippen molar-refractivity contribution in [1.29, 1.82) is 0 Å². The molecule has 1 amide bonds. The minimum absolute atomic E-state index is 0.145. The van der Waals surface area contributed by atoms with Crippen LogP contribution in [0.1, 0.15) is 10.4 Å². The first kappa shape index (κ1) is 24.1. The summed E-state index contributed by atoms with van der Waals surface area (Å²) in [6.45, 7) is 1.43. The predicted molar refractivity (Wildman–Crippen MR) is 136 cm³/mol. The summed E-state index contributed by atoms with van der Waals surface area (Å²) in [7, 11) is 1.45. The van der Waals surface area contributed by atoms with Gasteiger partial charge in [-0.1, -0.05) is 11.2 Å². The van der Waals surface area contributed by atoms with Crippen LogP contribution < -0.4 is 9.64 Å². The molecule has 14 heteroatoms. The number of aromatic amines is 1. The molecule has 39 heavy (non-hydrogen) atoms. The first-order chi connectivity index (χ1) is 19.0. The number of pyridine rings is 3. The number of halogens is 1. The van der Waals surface area contributed by atoms with Gasteiger partial charge in [0, 0.05) is 56.4 Å². The highest BCUT2D eigenvalue weighted by Gasteiger charge is 2.31. The average molecular weight is 529 g/mol. The molecule has 1 N–H and O–H groups in total. The summed E-state index contributed by atoms with van der Waals surface area (Å²) in [5.41, 5.74) is 1.46. The van der Waals surface area contributed by atoms with Crippen LogP contribution in [0.3, 0.4) is 0 Å². The van der Waals surface area contributed by atoms with Gasteiger partial charge >= 0.3 is 0 Å². The lowest BCUT2D eigenvalue weighted by molar-refractivity contribution is -0.126. The second-order valence-corrected chi connectivity index (χ2v) is 8.68. The maximum atomic E-state index is 13.8. The van der Waals surface area contributed by atoms with E-state index in [-0.39, 0.29) is 5.56 Å². The molecule has 5 aromatic rings. The van der Waals surface area contributed by atoms with E-state index in [0.29, 0.717) is 65.9 Å². The number of fused-ring (bicyclic) bond motifs is 1. The number of methoxy groups -OCH3 is 1. The Hall–Kier alpha value is -5.27. The van der Waals surface area contributed by atoms with Crippen LogP contribution in [0.15, 0.2) is 55.1 Å². The van der Waals surface area contributed by atoms with Gasteiger partial charge in [-0.25, -0.2) is 9.97 Å². The van der Waals surface area contributed by atoms with E-state index in [4.69, 9.17) is 4.74 Å². The van der Waals surface area contributed by atoms with Gasteiger partial charge in [-0.15, -0.1) is 0 Å². The zero-order valence-corrected chi connectivity index (χ0v) is 20.7. The predicted octanol–water partition coefficient (Wildman–Crippen LogP) is 1.67. The molecule has 1 aliphatic heterocycles. The Bertz CT molecular complexity index is 1680. The number of carbonyl (C=O) groups is 2. The Morgan fingerprint density at radius 3 is 2.64 bits per heavy atom. The first-order valence-electron chi connectivity index (χ1n) is 12.0. The third kappa shape index (κ3) is 4.31. The second kappa shape index (κ2) is 9.89. The molecule has 0 radical (unpaired) electrons. The number of nitrogens with one attached hydrogen (secondary N) is 1. The number of hydrogen-bond acceptors (Lipinski definition) is 10. The Balaban J connectivity index is 1.23. The van der Waals surface area contributed by atoms with Gasteiger partial charge in [0.05, 0.1) is 35.5 Å². The number of amides is 1. The summed E-state index contributed by atoms with van der Waals surface area (Å²) in [6.07, 6.45) is 5.87. The second-order valence-electron chi connectivity index (χ2n) is 8.68. The number of H-pyrrole nitrogens is 1. The lowest BCUT2D eigenvalue weighted by atomic mass is 10.0. The fourth-order valence-electron chi connectivity index (χ4n) is 4.60. The number of tetrazole rings is 1. The molecule has 0 aromatic carbocycles. The first-order valence-corrected chi connectivity index (χ1v) is 12.0. The Kier molecular flexibility index (Phi) is 6.11. The monoisotopic (exact) mass is 528 g/mol. The SMILES string of the molecule is COc1cnc(-c2ccnc(F)c2)c2[nH]cc(C(=O)C(=O)N3CCN(c4nnnn4-c4ccccn4)CC3)c12. The van der Waals surface area contributed by atoms with Gasteiger partial charge < -0.3 is 19.5 Å². The topological polar surface area (TPSA) is 148 Å². The number of aromatic nitrogens is 8. The quantitative estimate of drug-likeness (QED) is 0.196. The van der Waals surface area contributed by atoms with Crippen LogP contribution in [0.5, 0.6) is 5.75 Å². The molecule has 0 saturated carbocycles. The number of nitrogens with zero attached hydrogens (tertiary/aromatic N) is 9. The summed E-state index contributed by atoms with van der Waals surface area (Å²) in [5, 5.41) is 12.3. The summed E-state index contributed by atoms with van der Waals surface area (Å²) in [4.78, 5) is 45.4. The van der Waals surface area contributed by atoms with E-state index in [1.165, 1.54) is 41.3 Å². The van der Waals surface area contributed by atoms with Gasteiger partial charge in [0.25, 0.3) is 17.6 Å². The van der Waals surface area contributed by atoms with Crippen molar-refractivity contribution in [3.8, 4) is 22.8 Å². The van der Waals surface area contributed by atoms with Crippen molar-refractivity contribution in [3.63, 3.8) is 0 Å². The van der Waals surface area contributed by atoms with Crippen LogP contribution in [0.4, 0.5) is 10.3 Å². The molecule has 0 unspecified atom stereocenters. The van der Waals surface area contributed by atoms with Crippen molar-refractivity contribution in [2.75, 3.05) is 38.2 Å². The number of carbonyl (C=O) groups excluding carboxylic acids is 2. The number of ketones is 1. The van der Waals surface area contributed by atoms with Gasteiger partial charge in [-0.05, 0) is 28.6 Å². The van der Waals surface area contributed by atoms with Crippen LogP contribution in [-0.2, 0) is 4.79 Å². The highest BCUT2D eigenvalue weighted by Crippen LogP contribution is 2.34. The van der Waals surface area contributed by atoms with Crippen molar-refractivity contribution < 1.29 is 18.7 Å². The van der Waals surface area contributed by atoms with Gasteiger partial charge in [0.15, 0.2) is 5.82 Å².